The van der Waals surface area contributed by atoms with Gasteiger partial charge in [-0.25, -0.2) is 9.97 Å². The van der Waals surface area contributed by atoms with Crippen molar-refractivity contribution in [3.63, 3.8) is 0 Å². The van der Waals surface area contributed by atoms with E-state index in [1.165, 1.54) is 12.4 Å². The Bertz CT molecular complexity index is 772. The van der Waals surface area contributed by atoms with Crippen molar-refractivity contribution in [2.45, 2.75) is 13.5 Å². The van der Waals surface area contributed by atoms with Crippen molar-refractivity contribution < 1.29 is 14.3 Å². The fourth-order valence-electron chi connectivity index (χ4n) is 2.64. The Kier molecular flexibility index (Phi) is 5.35. The van der Waals surface area contributed by atoms with E-state index in [2.05, 4.69) is 15.3 Å². The van der Waals surface area contributed by atoms with Crippen molar-refractivity contribution in [3.05, 3.63) is 59.2 Å². The Labute approximate surface area is 146 Å². The van der Waals surface area contributed by atoms with Gasteiger partial charge in [-0.2, -0.15) is 0 Å². The summed E-state index contributed by atoms with van der Waals surface area (Å²) in [6.45, 7) is 4.30. The predicted octanol–water partition coefficient (Wildman–Crippen LogP) is 1.19. The van der Waals surface area contributed by atoms with Crippen LogP contribution in [-0.4, -0.2) is 53.0 Å². The minimum absolute atomic E-state index is 0.0487. The van der Waals surface area contributed by atoms with E-state index in [4.69, 9.17) is 4.74 Å². The number of nitrogens with one attached hydrogen (secondary N) is 1. The summed E-state index contributed by atoms with van der Waals surface area (Å²) in [7, 11) is 0. The second kappa shape index (κ2) is 7.85. The summed E-state index contributed by atoms with van der Waals surface area (Å²) in [5.74, 6) is -0.703. The van der Waals surface area contributed by atoms with Crippen LogP contribution in [0.1, 0.15) is 32.1 Å². The van der Waals surface area contributed by atoms with Crippen LogP contribution in [0.3, 0.4) is 0 Å². The summed E-state index contributed by atoms with van der Waals surface area (Å²) in [6, 6.07) is 7.80. The molecule has 25 heavy (non-hydrogen) atoms. The average molecular weight is 340 g/mol. The number of ether oxygens (including phenoxy) is 1. The van der Waals surface area contributed by atoms with Crippen molar-refractivity contribution in [2.24, 2.45) is 0 Å². The number of amides is 2. The Morgan fingerprint density at radius 2 is 1.80 bits per heavy atom. The van der Waals surface area contributed by atoms with Gasteiger partial charge in [-0.05, 0) is 18.1 Å². The molecule has 0 radical (unpaired) electrons. The number of aryl methyl sites for hydroxylation is 1. The molecule has 3 rings (SSSR count). The molecule has 0 spiro atoms. The summed E-state index contributed by atoms with van der Waals surface area (Å²) >= 11 is 0. The standard InChI is InChI=1S/C18H20N4O3/c1-13-4-2-3-5-14(13)12-21-17(23)15-16(20-7-6-19-15)18(24)22-8-10-25-11-9-22/h2-7H,8-12H2,1H3,(H,21,23). The van der Waals surface area contributed by atoms with Crippen LogP contribution < -0.4 is 5.32 Å². The summed E-state index contributed by atoms with van der Waals surface area (Å²) in [5.41, 5.74) is 2.23. The topological polar surface area (TPSA) is 84.4 Å². The SMILES string of the molecule is Cc1ccccc1CNC(=O)c1nccnc1C(=O)N1CCOCC1. The highest BCUT2D eigenvalue weighted by Crippen LogP contribution is 2.10. The van der Waals surface area contributed by atoms with Crippen LogP contribution in [0.4, 0.5) is 0 Å². The molecule has 2 aromatic rings. The van der Waals surface area contributed by atoms with E-state index in [-0.39, 0.29) is 17.3 Å². The third-order valence-corrected chi connectivity index (χ3v) is 4.11. The highest BCUT2D eigenvalue weighted by molar-refractivity contribution is 6.04. The molecule has 0 atom stereocenters. The van der Waals surface area contributed by atoms with Gasteiger partial charge >= 0.3 is 0 Å². The first-order valence-corrected chi connectivity index (χ1v) is 8.17. The van der Waals surface area contributed by atoms with E-state index < -0.39 is 5.91 Å². The van der Waals surface area contributed by atoms with Crippen LogP contribution in [-0.2, 0) is 11.3 Å². The average Bonchev–Trinajstić information content (AvgIpc) is 2.67. The first-order valence-electron chi connectivity index (χ1n) is 8.17. The maximum absolute atomic E-state index is 12.6. The molecule has 0 aliphatic carbocycles. The van der Waals surface area contributed by atoms with Crippen LogP contribution in [0.2, 0.25) is 0 Å². The largest absolute Gasteiger partial charge is 0.378 e. The number of carbonyl (C=O) groups is 2. The number of hydrogen-bond acceptors (Lipinski definition) is 5. The van der Waals surface area contributed by atoms with Gasteiger partial charge in [0, 0.05) is 32.0 Å². The van der Waals surface area contributed by atoms with E-state index in [1.807, 2.05) is 31.2 Å². The smallest absolute Gasteiger partial charge is 0.275 e. The summed E-state index contributed by atoms with van der Waals surface area (Å²) in [4.78, 5) is 35.0. The van der Waals surface area contributed by atoms with Crippen molar-refractivity contribution in [3.8, 4) is 0 Å². The summed E-state index contributed by atoms with van der Waals surface area (Å²) in [5, 5.41) is 2.82. The molecule has 1 fully saturated rings. The van der Waals surface area contributed by atoms with Gasteiger partial charge in [0.05, 0.1) is 13.2 Å². The number of rotatable bonds is 4. The van der Waals surface area contributed by atoms with Crippen LogP contribution in [0, 0.1) is 6.92 Å². The van der Waals surface area contributed by atoms with Crippen molar-refractivity contribution in [1.29, 1.82) is 0 Å². The lowest BCUT2D eigenvalue weighted by Gasteiger charge is -2.26. The molecular weight excluding hydrogens is 320 g/mol. The van der Waals surface area contributed by atoms with Crippen LogP contribution in [0.25, 0.3) is 0 Å². The lowest BCUT2D eigenvalue weighted by atomic mass is 10.1. The highest BCUT2D eigenvalue weighted by Gasteiger charge is 2.25. The molecule has 7 nitrogen and oxygen atoms in total. The monoisotopic (exact) mass is 340 g/mol. The molecule has 130 valence electrons. The maximum Gasteiger partial charge on any atom is 0.275 e. The molecule has 1 N–H and O–H groups in total. The summed E-state index contributed by atoms with van der Waals surface area (Å²) < 4.78 is 5.25. The molecule has 1 aromatic heterocycles. The van der Waals surface area contributed by atoms with Crippen LogP contribution in [0.5, 0.6) is 0 Å². The molecule has 0 saturated carbocycles. The maximum atomic E-state index is 12.6. The minimum atomic E-state index is -0.409. The Morgan fingerprint density at radius 1 is 1.12 bits per heavy atom. The Hall–Kier alpha value is -2.80. The molecular formula is C18H20N4O3. The molecule has 0 unspecified atom stereocenters. The summed E-state index contributed by atoms with van der Waals surface area (Å²) in [6.07, 6.45) is 2.84. The number of benzene rings is 1. The second-order valence-corrected chi connectivity index (χ2v) is 5.77. The van der Waals surface area contributed by atoms with Gasteiger partial charge in [0.15, 0.2) is 11.4 Å². The fourth-order valence-corrected chi connectivity index (χ4v) is 2.64. The third kappa shape index (κ3) is 4.00. The lowest BCUT2D eigenvalue weighted by molar-refractivity contribution is 0.0297. The quantitative estimate of drug-likeness (QED) is 0.904. The van der Waals surface area contributed by atoms with Crippen LogP contribution >= 0.6 is 0 Å². The van der Waals surface area contributed by atoms with E-state index in [1.54, 1.807) is 4.90 Å². The van der Waals surface area contributed by atoms with Gasteiger partial charge in [0.25, 0.3) is 11.8 Å². The normalized spacial score (nSPS) is 14.2. The van der Waals surface area contributed by atoms with Crippen molar-refractivity contribution in [2.75, 3.05) is 26.3 Å². The van der Waals surface area contributed by atoms with Gasteiger partial charge in [0.2, 0.25) is 0 Å². The number of aromatic nitrogens is 2. The lowest BCUT2D eigenvalue weighted by Crippen LogP contribution is -2.42. The Balaban J connectivity index is 1.74. The number of hydrogen-bond donors (Lipinski definition) is 1. The van der Waals surface area contributed by atoms with E-state index in [9.17, 15) is 9.59 Å². The highest BCUT2D eigenvalue weighted by atomic mass is 16.5. The fraction of sp³-hybridized carbons (Fsp3) is 0.333. The van der Waals surface area contributed by atoms with Gasteiger partial charge < -0.3 is 15.0 Å². The first kappa shape index (κ1) is 17.0. The van der Waals surface area contributed by atoms with Gasteiger partial charge in [-0.3, -0.25) is 9.59 Å². The third-order valence-electron chi connectivity index (χ3n) is 4.11. The van der Waals surface area contributed by atoms with Crippen molar-refractivity contribution in [1.82, 2.24) is 20.2 Å². The number of nitrogens with zero attached hydrogens (tertiary/aromatic N) is 3. The number of carbonyl (C=O) groups excluding carboxylic acids is 2. The van der Waals surface area contributed by atoms with E-state index in [0.717, 1.165) is 11.1 Å². The van der Waals surface area contributed by atoms with Gasteiger partial charge in [0.1, 0.15) is 0 Å². The second-order valence-electron chi connectivity index (χ2n) is 5.77. The zero-order chi connectivity index (χ0) is 17.6. The first-order chi connectivity index (χ1) is 12.2. The molecule has 7 heteroatoms. The zero-order valence-corrected chi connectivity index (χ0v) is 14.1. The van der Waals surface area contributed by atoms with E-state index >= 15 is 0 Å². The van der Waals surface area contributed by atoms with Crippen molar-refractivity contribution >= 4 is 11.8 Å². The zero-order valence-electron chi connectivity index (χ0n) is 14.1. The van der Waals surface area contributed by atoms with Crippen LogP contribution in [0.15, 0.2) is 36.7 Å². The Morgan fingerprint density at radius 3 is 2.52 bits per heavy atom. The molecule has 1 saturated heterocycles. The molecule has 1 aliphatic rings. The molecule has 2 amide bonds. The molecule has 0 bridgehead atoms. The van der Waals surface area contributed by atoms with E-state index in [0.29, 0.717) is 32.8 Å². The molecule has 1 aromatic carbocycles. The molecule has 2 heterocycles. The molecule has 1 aliphatic heterocycles. The predicted molar refractivity (Wildman–Crippen MR) is 91.1 cm³/mol. The van der Waals surface area contributed by atoms with Gasteiger partial charge in [-0.15, -0.1) is 0 Å². The minimum Gasteiger partial charge on any atom is -0.378 e. The number of morpholine rings is 1. The van der Waals surface area contributed by atoms with Gasteiger partial charge in [-0.1, -0.05) is 24.3 Å².